The van der Waals surface area contributed by atoms with E-state index in [1.165, 1.54) is 11.1 Å². The molecule has 1 aromatic carbocycles. The molecule has 0 fully saturated rings. The highest BCUT2D eigenvalue weighted by atomic mass is 16.3. The third-order valence-electron chi connectivity index (χ3n) is 6.14. The quantitative estimate of drug-likeness (QED) is 0.639. The van der Waals surface area contributed by atoms with Crippen LogP contribution in [0.1, 0.15) is 50.8 Å². The second-order valence-electron chi connectivity index (χ2n) is 9.33. The van der Waals surface area contributed by atoms with Gasteiger partial charge in [-0.1, -0.05) is 0 Å². The monoisotopic (exact) mass is 378 g/mol. The van der Waals surface area contributed by atoms with Crippen molar-refractivity contribution in [2.75, 3.05) is 11.4 Å². The molecule has 146 valence electrons. The van der Waals surface area contributed by atoms with Gasteiger partial charge in [-0.2, -0.15) is 5.10 Å². The maximum atomic E-state index is 13.1. The molecule has 1 aliphatic heterocycles. The predicted octanol–water partition coefficient (Wildman–Crippen LogP) is 3.44. The first-order chi connectivity index (χ1) is 13.2. The van der Waals surface area contributed by atoms with Gasteiger partial charge >= 0.3 is 0 Å². The van der Waals surface area contributed by atoms with Gasteiger partial charge in [0.25, 0.3) is 0 Å². The number of aromatic amines is 2. The third-order valence-corrected chi connectivity index (χ3v) is 6.14. The number of aryl methyl sites for hydroxylation is 2. The molecule has 1 amide bonds. The summed E-state index contributed by atoms with van der Waals surface area (Å²) in [6, 6.07) is 4.25. The fourth-order valence-electron chi connectivity index (χ4n) is 4.76. The first-order valence-corrected chi connectivity index (χ1v) is 9.93. The molecular formula is C22H26N4O2. The number of hydrogen-bond acceptors (Lipinski definition) is 3. The zero-order chi connectivity index (χ0) is 19.8. The van der Waals surface area contributed by atoms with Crippen molar-refractivity contribution in [2.45, 2.75) is 58.0 Å². The van der Waals surface area contributed by atoms with Crippen LogP contribution in [0.2, 0.25) is 0 Å². The number of nitrogens with zero attached hydrogens (tertiary/aromatic N) is 2. The number of aromatic nitrogens is 3. The summed E-state index contributed by atoms with van der Waals surface area (Å²) in [5, 5.41) is 19.0. The predicted molar refractivity (Wildman–Crippen MR) is 110 cm³/mol. The van der Waals surface area contributed by atoms with Crippen LogP contribution in [0.15, 0.2) is 18.3 Å². The van der Waals surface area contributed by atoms with Crippen LogP contribution in [0.5, 0.6) is 0 Å². The van der Waals surface area contributed by atoms with Crippen molar-refractivity contribution in [3.8, 4) is 11.4 Å². The van der Waals surface area contributed by atoms with Crippen molar-refractivity contribution in [1.29, 1.82) is 0 Å². The lowest BCUT2D eigenvalue weighted by atomic mass is 9.85. The number of hydrogen-bond donors (Lipinski definition) is 3. The number of carbonyl (C=O) groups is 1. The van der Waals surface area contributed by atoms with Gasteiger partial charge in [0, 0.05) is 22.8 Å². The largest absolute Gasteiger partial charge is 0.389 e. The number of carbonyl (C=O) groups excluding carboxylic acids is 1. The molecule has 6 heteroatoms. The first kappa shape index (κ1) is 17.5. The van der Waals surface area contributed by atoms with Crippen LogP contribution in [-0.4, -0.2) is 38.3 Å². The minimum atomic E-state index is -0.957. The normalized spacial score (nSPS) is 18.2. The molecule has 0 spiro atoms. The van der Waals surface area contributed by atoms with E-state index in [1.54, 1.807) is 18.7 Å². The van der Waals surface area contributed by atoms with Crippen molar-refractivity contribution < 1.29 is 9.90 Å². The summed E-state index contributed by atoms with van der Waals surface area (Å²) in [5.41, 5.74) is 6.01. The Labute approximate surface area is 163 Å². The van der Waals surface area contributed by atoms with Crippen molar-refractivity contribution >= 4 is 22.5 Å². The van der Waals surface area contributed by atoms with Gasteiger partial charge in [0.15, 0.2) is 0 Å². The van der Waals surface area contributed by atoms with E-state index < -0.39 is 11.0 Å². The Balaban J connectivity index is 1.74. The van der Waals surface area contributed by atoms with Gasteiger partial charge in [-0.05, 0) is 75.8 Å². The minimum Gasteiger partial charge on any atom is -0.389 e. The molecule has 1 aliphatic carbocycles. The molecule has 5 rings (SSSR count). The summed E-state index contributed by atoms with van der Waals surface area (Å²) in [6.07, 6.45) is 5.05. The number of benzene rings is 1. The van der Waals surface area contributed by atoms with Crippen LogP contribution in [0, 0.1) is 0 Å². The molecule has 0 radical (unpaired) electrons. The second kappa shape index (κ2) is 5.47. The van der Waals surface area contributed by atoms with Crippen LogP contribution in [0.3, 0.4) is 0 Å². The van der Waals surface area contributed by atoms with Crippen molar-refractivity contribution in [3.05, 3.63) is 35.0 Å². The van der Waals surface area contributed by atoms with Gasteiger partial charge in [0.1, 0.15) is 5.69 Å². The van der Waals surface area contributed by atoms with E-state index in [9.17, 15) is 9.90 Å². The molecule has 2 aliphatic rings. The number of anilines is 1. The van der Waals surface area contributed by atoms with E-state index in [-0.39, 0.29) is 12.5 Å². The van der Waals surface area contributed by atoms with E-state index in [0.29, 0.717) is 0 Å². The Morgan fingerprint density at radius 3 is 2.82 bits per heavy atom. The molecule has 0 saturated heterocycles. The van der Waals surface area contributed by atoms with Gasteiger partial charge in [-0.15, -0.1) is 0 Å². The number of aliphatic hydroxyl groups is 1. The van der Waals surface area contributed by atoms with Crippen LogP contribution in [0.25, 0.3) is 22.3 Å². The number of amides is 1. The number of β-amino-alcohol motifs (C(OH)–C–C–N with tert-alkyl or cyclic N) is 1. The fraction of sp³-hybridized carbons (Fsp3) is 0.455. The van der Waals surface area contributed by atoms with Gasteiger partial charge in [-0.3, -0.25) is 9.89 Å². The summed E-state index contributed by atoms with van der Waals surface area (Å²) >= 11 is 0. The van der Waals surface area contributed by atoms with Crippen LogP contribution < -0.4 is 4.90 Å². The summed E-state index contributed by atoms with van der Waals surface area (Å²) in [6.45, 7) is 7.69. The molecule has 0 bridgehead atoms. The van der Waals surface area contributed by atoms with Crippen LogP contribution >= 0.6 is 0 Å². The lowest BCUT2D eigenvalue weighted by Gasteiger charge is -2.27. The molecular weight excluding hydrogens is 352 g/mol. The first-order valence-electron chi connectivity index (χ1n) is 9.93. The minimum absolute atomic E-state index is 0.0398. The van der Waals surface area contributed by atoms with E-state index in [0.717, 1.165) is 52.8 Å². The molecule has 3 N–H and O–H groups in total. The molecule has 2 aromatic heterocycles. The van der Waals surface area contributed by atoms with E-state index in [2.05, 4.69) is 27.3 Å². The standard InChI is InChI=1S/C22H26N4O2/c1-21(2,28)11-26-17-8-14-13-7-5-6-12-10-23-25-18(12)19(13)24-16(14)9-15(17)22(3,4)20(26)27/h8-10,24,28H,5-7,11H2,1-4H3,(H,23,25). The SMILES string of the molecule is CC(C)(O)CN1C(=O)C(C)(C)c2cc3[nH]c4c(c3cc21)CCCc1c[nH]nc1-4. The maximum absolute atomic E-state index is 13.1. The zero-order valence-electron chi connectivity index (χ0n) is 16.8. The summed E-state index contributed by atoms with van der Waals surface area (Å²) in [4.78, 5) is 18.5. The average molecular weight is 378 g/mol. The molecule has 28 heavy (non-hydrogen) atoms. The van der Waals surface area contributed by atoms with E-state index in [4.69, 9.17) is 0 Å². The van der Waals surface area contributed by atoms with Crippen molar-refractivity contribution in [2.24, 2.45) is 0 Å². The maximum Gasteiger partial charge on any atom is 0.237 e. The van der Waals surface area contributed by atoms with Gasteiger partial charge < -0.3 is 15.0 Å². The highest BCUT2D eigenvalue weighted by Crippen LogP contribution is 2.46. The Bertz CT molecular complexity index is 1110. The number of H-pyrrole nitrogens is 2. The highest BCUT2D eigenvalue weighted by Gasteiger charge is 2.45. The Morgan fingerprint density at radius 2 is 2.07 bits per heavy atom. The van der Waals surface area contributed by atoms with Gasteiger partial charge in [-0.25, -0.2) is 0 Å². The zero-order valence-corrected chi connectivity index (χ0v) is 16.8. The molecule has 0 atom stereocenters. The van der Waals surface area contributed by atoms with Gasteiger partial charge in [0.05, 0.1) is 23.3 Å². The lowest BCUT2D eigenvalue weighted by Crippen LogP contribution is -2.44. The summed E-state index contributed by atoms with van der Waals surface area (Å²) < 4.78 is 0. The van der Waals surface area contributed by atoms with Crippen LogP contribution in [0.4, 0.5) is 5.69 Å². The van der Waals surface area contributed by atoms with Crippen LogP contribution in [-0.2, 0) is 23.1 Å². The van der Waals surface area contributed by atoms with E-state index in [1.807, 2.05) is 20.0 Å². The average Bonchev–Trinajstić information content (AvgIpc) is 3.22. The second-order valence-corrected chi connectivity index (χ2v) is 9.33. The smallest absolute Gasteiger partial charge is 0.237 e. The highest BCUT2D eigenvalue weighted by molar-refractivity contribution is 6.10. The molecule has 3 heterocycles. The molecule has 0 saturated carbocycles. The van der Waals surface area contributed by atoms with Crippen molar-refractivity contribution in [3.63, 3.8) is 0 Å². The van der Waals surface area contributed by atoms with Gasteiger partial charge in [0.2, 0.25) is 5.91 Å². The number of nitrogens with one attached hydrogen (secondary N) is 2. The molecule has 0 unspecified atom stereocenters. The fourth-order valence-corrected chi connectivity index (χ4v) is 4.76. The summed E-state index contributed by atoms with van der Waals surface area (Å²) in [7, 11) is 0. The van der Waals surface area contributed by atoms with Crippen molar-refractivity contribution in [1.82, 2.24) is 15.2 Å². The molecule has 3 aromatic rings. The number of fused-ring (bicyclic) bond motifs is 6. The Kier molecular flexibility index (Phi) is 3.42. The lowest BCUT2D eigenvalue weighted by molar-refractivity contribution is -0.122. The number of rotatable bonds is 2. The molecule has 6 nitrogen and oxygen atoms in total. The third kappa shape index (κ3) is 2.37. The summed E-state index contributed by atoms with van der Waals surface area (Å²) in [5.74, 6) is 0.0398. The van der Waals surface area contributed by atoms with E-state index >= 15 is 0 Å². The Hall–Kier alpha value is -2.60. The topological polar surface area (TPSA) is 85.0 Å². The Morgan fingerprint density at radius 1 is 1.29 bits per heavy atom.